The highest BCUT2D eigenvalue weighted by atomic mass is 35.5. The Labute approximate surface area is 106 Å². The predicted octanol–water partition coefficient (Wildman–Crippen LogP) is 4.28. The van der Waals surface area contributed by atoms with Crippen LogP contribution >= 0.6 is 34.8 Å². The first-order chi connectivity index (χ1) is 7.58. The number of rotatable bonds is 1. The molecule has 0 bridgehead atoms. The summed E-state index contributed by atoms with van der Waals surface area (Å²) in [5.74, 6) is 0.135. The Morgan fingerprint density at radius 2 is 2.06 bits per heavy atom. The van der Waals surface area contributed by atoms with Crippen LogP contribution in [0.3, 0.4) is 0 Å². The van der Waals surface area contributed by atoms with Crippen molar-refractivity contribution in [1.82, 2.24) is 4.98 Å². The normalized spacial score (nSPS) is 10.4. The molecule has 82 valence electrons. The minimum absolute atomic E-state index is 0.135. The summed E-state index contributed by atoms with van der Waals surface area (Å²) in [7, 11) is 0. The van der Waals surface area contributed by atoms with Crippen LogP contribution in [0.4, 0.5) is 4.79 Å². The van der Waals surface area contributed by atoms with Crippen molar-refractivity contribution >= 4 is 51.1 Å². The molecular formula is C10H4Cl3NO2. The summed E-state index contributed by atoms with van der Waals surface area (Å²) in [5, 5.41) is 1.46. The van der Waals surface area contributed by atoms with E-state index in [-0.39, 0.29) is 10.8 Å². The molecule has 16 heavy (non-hydrogen) atoms. The molecule has 0 atom stereocenters. The van der Waals surface area contributed by atoms with Crippen LogP contribution in [0.5, 0.6) is 5.75 Å². The molecule has 0 amide bonds. The van der Waals surface area contributed by atoms with E-state index in [9.17, 15) is 4.79 Å². The first kappa shape index (κ1) is 11.5. The van der Waals surface area contributed by atoms with Gasteiger partial charge in [0.25, 0.3) is 0 Å². The molecule has 1 aromatic carbocycles. The van der Waals surface area contributed by atoms with Crippen molar-refractivity contribution in [1.29, 1.82) is 0 Å². The van der Waals surface area contributed by atoms with Crippen LogP contribution in [0, 0.1) is 0 Å². The summed E-state index contributed by atoms with van der Waals surface area (Å²) >= 11 is 16.8. The minimum atomic E-state index is -0.967. The molecular weight excluding hydrogens is 272 g/mol. The van der Waals surface area contributed by atoms with Gasteiger partial charge in [-0.05, 0) is 12.1 Å². The van der Waals surface area contributed by atoms with E-state index in [1.807, 2.05) is 0 Å². The highest BCUT2D eigenvalue weighted by molar-refractivity contribution is 6.61. The molecule has 0 fully saturated rings. The minimum Gasteiger partial charge on any atom is -0.411 e. The number of fused-ring (bicyclic) bond motifs is 1. The van der Waals surface area contributed by atoms with Crippen LogP contribution in [0.1, 0.15) is 0 Å². The Kier molecular flexibility index (Phi) is 3.19. The Balaban J connectivity index is 2.69. The molecule has 0 unspecified atom stereocenters. The van der Waals surface area contributed by atoms with Gasteiger partial charge >= 0.3 is 5.43 Å². The van der Waals surface area contributed by atoms with Gasteiger partial charge in [0, 0.05) is 23.2 Å². The SMILES string of the molecule is O=C(Cl)Oc1c(Cl)ccc2cc(Cl)cnc12. The lowest BCUT2D eigenvalue weighted by molar-refractivity contribution is 0.226. The second kappa shape index (κ2) is 4.45. The number of nitrogens with zero attached hydrogens (tertiary/aromatic N) is 1. The third kappa shape index (κ3) is 2.21. The molecule has 6 heteroatoms. The van der Waals surface area contributed by atoms with Gasteiger partial charge in [-0.2, -0.15) is 0 Å². The van der Waals surface area contributed by atoms with E-state index in [0.29, 0.717) is 15.9 Å². The average molecular weight is 277 g/mol. The van der Waals surface area contributed by atoms with Gasteiger partial charge in [-0.1, -0.05) is 29.3 Å². The number of aromatic nitrogens is 1. The van der Waals surface area contributed by atoms with Crippen molar-refractivity contribution in [2.75, 3.05) is 0 Å². The molecule has 0 N–H and O–H groups in total. The van der Waals surface area contributed by atoms with Crippen molar-refractivity contribution in [2.24, 2.45) is 0 Å². The Bertz CT molecular complexity index is 571. The maximum absolute atomic E-state index is 10.7. The fourth-order valence-electron chi connectivity index (χ4n) is 1.30. The van der Waals surface area contributed by atoms with Crippen LogP contribution in [-0.2, 0) is 0 Å². The lowest BCUT2D eigenvalue weighted by Crippen LogP contribution is -1.98. The van der Waals surface area contributed by atoms with Crippen LogP contribution in [0.2, 0.25) is 10.0 Å². The van der Waals surface area contributed by atoms with Gasteiger partial charge in [-0.3, -0.25) is 4.98 Å². The van der Waals surface area contributed by atoms with Gasteiger partial charge < -0.3 is 4.74 Å². The first-order valence-corrected chi connectivity index (χ1v) is 5.32. The molecule has 2 aromatic rings. The van der Waals surface area contributed by atoms with Crippen molar-refractivity contribution < 1.29 is 9.53 Å². The van der Waals surface area contributed by atoms with E-state index in [1.54, 1.807) is 18.2 Å². The van der Waals surface area contributed by atoms with E-state index in [1.165, 1.54) is 6.20 Å². The van der Waals surface area contributed by atoms with Gasteiger partial charge in [0.1, 0.15) is 5.52 Å². The molecule has 0 saturated carbocycles. The third-order valence-electron chi connectivity index (χ3n) is 1.91. The Morgan fingerprint density at radius 3 is 2.75 bits per heavy atom. The largest absolute Gasteiger partial charge is 0.411 e. The van der Waals surface area contributed by atoms with E-state index in [2.05, 4.69) is 4.98 Å². The third-order valence-corrected chi connectivity index (χ3v) is 2.49. The summed E-state index contributed by atoms with van der Waals surface area (Å²) in [6, 6.07) is 4.99. The molecule has 0 radical (unpaired) electrons. The molecule has 1 aromatic heterocycles. The number of carbonyl (C=O) groups is 1. The summed E-state index contributed by atoms with van der Waals surface area (Å²) in [5.41, 5.74) is -0.531. The average Bonchev–Trinajstić information content (AvgIpc) is 2.22. The fourth-order valence-corrected chi connectivity index (χ4v) is 1.74. The zero-order valence-electron chi connectivity index (χ0n) is 7.71. The zero-order chi connectivity index (χ0) is 11.7. The number of hydrogen-bond donors (Lipinski definition) is 0. The van der Waals surface area contributed by atoms with Crippen LogP contribution in [-0.4, -0.2) is 10.4 Å². The number of ether oxygens (including phenoxy) is 1. The summed E-state index contributed by atoms with van der Waals surface area (Å²) in [6.07, 6.45) is 1.44. The van der Waals surface area contributed by atoms with Gasteiger partial charge in [-0.15, -0.1) is 0 Å². The van der Waals surface area contributed by atoms with Crippen LogP contribution < -0.4 is 4.74 Å². The summed E-state index contributed by atoms with van der Waals surface area (Å²) in [4.78, 5) is 14.7. The number of benzene rings is 1. The van der Waals surface area contributed by atoms with Crippen molar-refractivity contribution in [2.45, 2.75) is 0 Å². The number of pyridine rings is 1. The molecule has 2 rings (SSSR count). The fraction of sp³-hybridized carbons (Fsp3) is 0. The Hall–Kier alpha value is -1.03. The van der Waals surface area contributed by atoms with Gasteiger partial charge in [0.2, 0.25) is 0 Å². The maximum Gasteiger partial charge on any atom is 0.409 e. The monoisotopic (exact) mass is 275 g/mol. The van der Waals surface area contributed by atoms with Gasteiger partial charge in [-0.25, -0.2) is 4.79 Å². The van der Waals surface area contributed by atoms with E-state index in [4.69, 9.17) is 39.5 Å². The lowest BCUT2D eigenvalue weighted by Gasteiger charge is -2.06. The number of carbonyl (C=O) groups excluding carboxylic acids is 1. The van der Waals surface area contributed by atoms with E-state index in [0.717, 1.165) is 0 Å². The Morgan fingerprint density at radius 1 is 1.31 bits per heavy atom. The van der Waals surface area contributed by atoms with Crippen molar-refractivity contribution in [3.05, 3.63) is 34.4 Å². The first-order valence-electron chi connectivity index (χ1n) is 4.19. The van der Waals surface area contributed by atoms with Gasteiger partial charge in [0.15, 0.2) is 5.75 Å². The summed E-state index contributed by atoms with van der Waals surface area (Å²) in [6.45, 7) is 0. The quantitative estimate of drug-likeness (QED) is 0.730. The highest BCUT2D eigenvalue weighted by Gasteiger charge is 2.12. The van der Waals surface area contributed by atoms with Crippen LogP contribution in [0.15, 0.2) is 24.4 Å². The maximum atomic E-state index is 10.7. The topological polar surface area (TPSA) is 39.2 Å². The van der Waals surface area contributed by atoms with Crippen molar-refractivity contribution in [3.63, 3.8) is 0 Å². The number of halogens is 3. The standard InChI is InChI=1S/C10H4Cl3NO2/c11-6-3-5-1-2-7(12)9(16-10(13)15)8(5)14-4-6/h1-4H. The van der Waals surface area contributed by atoms with Crippen molar-refractivity contribution in [3.8, 4) is 5.75 Å². The highest BCUT2D eigenvalue weighted by Crippen LogP contribution is 2.33. The molecule has 0 spiro atoms. The molecule has 0 saturated heterocycles. The second-order valence-electron chi connectivity index (χ2n) is 2.94. The van der Waals surface area contributed by atoms with Gasteiger partial charge in [0.05, 0.1) is 10.0 Å². The molecule has 1 heterocycles. The summed E-state index contributed by atoms with van der Waals surface area (Å²) < 4.78 is 4.79. The molecule has 3 nitrogen and oxygen atoms in total. The zero-order valence-corrected chi connectivity index (χ0v) is 9.97. The predicted molar refractivity (Wildman–Crippen MR) is 63.6 cm³/mol. The van der Waals surface area contributed by atoms with Crippen LogP contribution in [0.25, 0.3) is 10.9 Å². The lowest BCUT2D eigenvalue weighted by atomic mass is 10.2. The molecule has 0 aliphatic carbocycles. The molecule has 0 aliphatic rings. The smallest absolute Gasteiger partial charge is 0.409 e. The van der Waals surface area contributed by atoms with E-state index >= 15 is 0 Å². The van der Waals surface area contributed by atoms with E-state index < -0.39 is 5.43 Å². The second-order valence-corrected chi connectivity index (χ2v) is 4.09. The number of hydrogen-bond acceptors (Lipinski definition) is 3. The molecule has 0 aliphatic heterocycles.